The quantitative estimate of drug-likeness (QED) is 0.412. The Hall–Kier alpha value is -3.86. The van der Waals surface area contributed by atoms with Gasteiger partial charge in [-0.2, -0.15) is 9.55 Å². The number of aryl methyl sites for hydroxylation is 2. The summed E-state index contributed by atoms with van der Waals surface area (Å²) in [7, 11) is 0. The zero-order valence-corrected chi connectivity index (χ0v) is 19.8. The lowest BCUT2D eigenvalue weighted by atomic mass is 9.75. The Morgan fingerprint density at radius 3 is 2.09 bits per heavy atom. The van der Waals surface area contributed by atoms with Gasteiger partial charge in [-0.1, -0.05) is 97.3 Å². The molecule has 0 saturated carbocycles. The van der Waals surface area contributed by atoms with Crippen LogP contribution in [0.25, 0.3) is 11.1 Å². The van der Waals surface area contributed by atoms with E-state index in [0.717, 1.165) is 46.2 Å². The molecule has 172 valence electrons. The van der Waals surface area contributed by atoms with Crippen molar-refractivity contribution < 1.29 is 14.4 Å². The van der Waals surface area contributed by atoms with Crippen molar-refractivity contribution in [1.29, 1.82) is 0 Å². The van der Waals surface area contributed by atoms with Crippen LogP contribution in [0.5, 0.6) is 11.9 Å². The van der Waals surface area contributed by atoms with Crippen molar-refractivity contribution in [3.63, 3.8) is 0 Å². The number of hydrogen-bond acceptors (Lipinski definition) is 3. The Balaban J connectivity index is 1.89. The Bertz CT molecular complexity index is 1360. The van der Waals surface area contributed by atoms with Crippen LogP contribution >= 0.6 is 0 Å². The van der Waals surface area contributed by atoms with Gasteiger partial charge in [-0.15, -0.1) is 0 Å². The van der Waals surface area contributed by atoms with Gasteiger partial charge in [0.25, 0.3) is 0 Å². The van der Waals surface area contributed by atoms with Crippen LogP contribution in [-0.4, -0.2) is 10.1 Å². The van der Waals surface area contributed by atoms with Crippen molar-refractivity contribution in [2.45, 2.75) is 45.8 Å². The summed E-state index contributed by atoms with van der Waals surface area (Å²) in [6, 6.07) is 24.3. The van der Waals surface area contributed by atoms with Crippen molar-refractivity contribution in [2.75, 3.05) is 0 Å². The first-order valence-electron chi connectivity index (χ1n) is 11.8. The van der Waals surface area contributed by atoms with Crippen molar-refractivity contribution in [3.05, 3.63) is 111 Å². The molecule has 0 atom stereocenters. The number of ether oxygens (including phenoxy) is 1. The monoisotopic (exact) mass is 453 g/mol. The predicted molar refractivity (Wildman–Crippen MR) is 132 cm³/mol. The van der Waals surface area contributed by atoms with E-state index in [-0.39, 0.29) is 11.6 Å². The summed E-state index contributed by atoms with van der Waals surface area (Å²) in [5, 5.41) is 10.7. The third-order valence-electron chi connectivity index (χ3n) is 6.64. The van der Waals surface area contributed by atoms with E-state index < -0.39 is 5.60 Å². The van der Waals surface area contributed by atoms with E-state index in [1.165, 1.54) is 0 Å². The van der Waals surface area contributed by atoms with Crippen LogP contribution in [0.15, 0.2) is 77.6 Å². The van der Waals surface area contributed by atoms with E-state index in [4.69, 9.17) is 4.74 Å². The largest absolute Gasteiger partial charge is 0.457 e. The van der Waals surface area contributed by atoms with E-state index in [9.17, 15) is 9.90 Å². The van der Waals surface area contributed by atoms with Gasteiger partial charge in [-0.25, -0.2) is 4.79 Å². The molecular formula is C29H29N2O3+. The first-order valence-corrected chi connectivity index (χ1v) is 11.8. The summed E-state index contributed by atoms with van der Waals surface area (Å²) >= 11 is 0. The highest BCUT2D eigenvalue weighted by molar-refractivity contribution is 5.76. The molecule has 1 aromatic heterocycles. The van der Waals surface area contributed by atoms with Gasteiger partial charge in [0.05, 0.1) is 6.54 Å². The third-order valence-corrected chi connectivity index (χ3v) is 6.64. The number of fused-ring (bicyclic) bond motifs is 3. The molecule has 0 radical (unpaired) electrons. The molecular weight excluding hydrogens is 424 g/mol. The molecule has 5 rings (SSSR count). The molecule has 0 aliphatic carbocycles. The normalized spacial score (nSPS) is 13.6. The second kappa shape index (κ2) is 8.49. The van der Waals surface area contributed by atoms with E-state index >= 15 is 0 Å². The average Bonchev–Trinajstić information content (AvgIpc) is 2.84. The number of H-pyrrole nitrogens is 1. The molecule has 0 spiro atoms. The first-order chi connectivity index (χ1) is 16.5. The van der Waals surface area contributed by atoms with Crippen LogP contribution in [-0.2, 0) is 12.1 Å². The molecule has 1 aliphatic rings. The zero-order valence-electron chi connectivity index (χ0n) is 19.8. The molecule has 2 heterocycles. The smallest absolute Gasteiger partial charge is 0.446 e. The highest BCUT2D eigenvalue weighted by Gasteiger charge is 2.48. The Labute approximate surface area is 199 Å². The lowest BCUT2D eigenvalue weighted by molar-refractivity contribution is -0.711. The van der Waals surface area contributed by atoms with Crippen molar-refractivity contribution in [1.82, 2.24) is 4.98 Å². The molecule has 0 amide bonds. The molecule has 3 aromatic carbocycles. The van der Waals surface area contributed by atoms with Crippen LogP contribution in [0.4, 0.5) is 0 Å². The molecule has 5 nitrogen and oxygen atoms in total. The summed E-state index contributed by atoms with van der Waals surface area (Å²) in [4.78, 5) is 15.8. The second-order valence-electron chi connectivity index (χ2n) is 9.02. The number of aromatic hydroxyl groups is 1. The highest BCUT2D eigenvalue weighted by Crippen LogP contribution is 2.49. The number of aromatic nitrogens is 2. The Morgan fingerprint density at radius 1 is 0.912 bits per heavy atom. The topological polar surface area (TPSA) is 66.2 Å². The summed E-state index contributed by atoms with van der Waals surface area (Å²) in [6.07, 6.45) is 1.78. The summed E-state index contributed by atoms with van der Waals surface area (Å²) in [6.45, 7) is 6.74. The maximum atomic E-state index is 13.1. The lowest BCUT2D eigenvalue weighted by Gasteiger charge is -2.40. The van der Waals surface area contributed by atoms with Gasteiger partial charge >= 0.3 is 17.4 Å². The van der Waals surface area contributed by atoms with Gasteiger partial charge in [0.1, 0.15) is 0 Å². The van der Waals surface area contributed by atoms with E-state index in [0.29, 0.717) is 18.0 Å². The predicted octanol–water partition coefficient (Wildman–Crippen LogP) is 5.14. The van der Waals surface area contributed by atoms with Crippen LogP contribution in [0.1, 0.15) is 47.6 Å². The fourth-order valence-electron chi connectivity index (χ4n) is 4.81. The molecule has 0 fully saturated rings. The number of nitrogens with zero attached hydrogens (tertiary/aromatic N) is 1. The molecule has 0 unspecified atom stereocenters. The van der Waals surface area contributed by atoms with Crippen LogP contribution in [0.2, 0.25) is 0 Å². The highest BCUT2D eigenvalue weighted by atomic mass is 16.5. The first kappa shape index (κ1) is 22.0. The minimum Gasteiger partial charge on any atom is -0.446 e. The van der Waals surface area contributed by atoms with E-state index in [1.54, 1.807) is 4.57 Å². The number of aromatic amines is 1. The summed E-state index contributed by atoms with van der Waals surface area (Å²) < 4.78 is 8.66. The molecule has 34 heavy (non-hydrogen) atoms. The standard InChI is InChI=1S/C29H28N2O3/c1-4-5-18-31-27-25(26(32)30-28(31)33)23-8-6-7-9-24(23)29(34-27,21-14-10-19(2)11-15-21)22-16-12-20(3)13-17-22/h6-17H,4-5,18H2,1-3H3,(H,30,32,33)/p+1. The summed E-state index contributed by atoms with van der Waals surface area (Å²) in [5.41, 5.74) is 5.01. The average molecular weight is 454 g/mol. The number of unbranched alkanes of at least 4 members (excludes halogenated alkanes) is 1. The van der Waals surface area contributed by atoms with Gasteiger partial charge in [0, 0.05) is 22.3 Å². The molecule has 1 aliphatic heterocycles. The SMILES string of the molecule is CCCC[n+]1c(O)[nH]c(=O)c2c1OC(c1ccc(C)cc1)(c1ccc(C)cc1)c1ccccc1-2. The van der Waals surface area contributed by atoms with Gasteiger partial charge in [0.2, 0.25) is 0 Å². The third kappa shape index (κ3) is 3.39. The van der Waals surface area contributed by atoms with E-state index in [1.807, 2.05) is 24.3 Å². The molecule has 0 saturated heterocycles. The van der Waals surface area contributed by atoms with Gasteiger partial charge in [-0.3, -0.25) is 0 Å². The maximum absolute atomic E-state index is 13.1. The molecule has 2 N–H and O–H groups in total. The van der Waals surface area contributed by atoms with Crippen LogP contribution < -0.4 is 14.9 Å². The fraction of sp³-hybridized carbons (Fsp3) is 0.241. The van der Waals surface area contributed by atoms with Crippen molar-refractivity contribution in [2.24, 2.45) is 0 Å². The van der Waals surface area contributed by atoms with Gasteiger partial charge < -0.3 is 9.84 Å². The number of rotatable bonds is 5. The van der Waals surface area contributed by atoms with Gasteiger partial charge in [0.15, 0.2) is 11.2 Å². The van der Waals surface area contributed by atoms with Crippen molar-refractivity contribution >= 4 is 0 Å². The zero-order chi connectivity index (χ0) is 23.9. The van der Waals surface area contributed by atoms with Crippen LogP contribution in [0, 0.1) is 13.8 Å². The van der Waals surface area contributed by atoms with E-state index in [2.05, 4.69) is 74.3 Å². The number of hydrogen-bond donors (Lipinski definition) is 2. The Kier molecular flexibility index (Phi) is 5.48. The fourth-order valence-corrected chi connectivity index (χ4v) is 4.81. The van der Waals surface area contributed by atoms with Crippen LogP contribution in [0.3, 0.4) is 0 Å². The number of nitrogens with one attached hydrogen (secondary N) is 1. The van der Waals surface area contributed by atoms with Crippen molar-refractivity contribution in [3.8, 4) is 23.0 Å². The Morgan fingerprint density at radius 2 is 1.50 bits per heavy atom. The lowest BCUT2D eigenvalue weighted by Crippen LogP contribution is -2.48. The molecule has 0 bridgehead atoms. The maximum Gasteiger partial charge on any atom is 0.457 e. The molecule has 5 heteroatoms. The summed E-state index contributed by atoms with van der Waals surface area (Å²) in [5.74, 6) is 0.384. The number of benzene rings is 3. The second-order valence-corrected chi connectivity index (χ2v) is 9.02. The minimum atomic E-state index is -0.987. The minimum absolute atomic E-state index is 0.196. The molecule has 4 aromatic rings. The van der Waals surface area contributed by atoms with Gasteiger partial charge in [-0.05, 0) is 20.3 Å².